The van der Waals surface area contributed by atoms with Crippen molar-refractivity contribution in [2.75, 3.05) is 13.2 Å². The first-order chi connectivity index (χ1) is 17.2. The smallest absolute Gasteiger partial charge is 0.238 e. The van der Waals surface area contributed by atoms with Gasteiger partial charge in [-0.15, -0.1) is 5.10 Å². The Morgan fingerprint density at radius 3 is 2.33 bits per heavy atom. The molecule has 1 aromatic heterocycles. The van der Waals surface area contributed by atoms with Crippen molar-refractivity contribution in [3.05, 3.63) is 46.6 Å². The van der Waals surface area contributed by atoms with Crippen molar-refractivity contribution >= 4 is 5.91 Å². The molecule has 1 unspecified atom stereocenters. The third kappa shape index (κ3) is 6.61. The van der Waals surface area contributed by atoms with Gasteiger partial charge in [0, 0.05) is 30.2 Å². The number of hydrogen-bond donors (Lipinski definition) is 7. The fourth-order valence-corrected chi connectivity index (χ4v) is 4.34. The number of aromatic amines is 1. The molecule has 0 radical (unpaired) electrons. The summed E-state index contributed by atoms with van der Waals surface area (Å²) in [6.07, 6.45) is -4.95. The maximum atomic E-state index is 11.5. The molecule has 8 N–H and O–H groups in total. The Bertz CT molecular complexity index is 978. The summed E-state index contributed by atoms with van der Waals surface area (Å²) < 4.78 is 11.3. The van der Waals surface area contributed by atoms with E-state index in [9.17, 15) is 25.2 Å². The van der Waals surface area contributed by atoms with Gasteiger partial charge in [-0.05, 0) is 36.3 Å². The predicted molar refractivity (Wildman–Crippen MR) is 129 cm³/mol. The standard InChI is InChI=1S/C25H37N3O8/c1-13(2)19-17(11-15-5-3-14(4-6-15)7-8-16(9-10-29)23(26)34)24(28-27-19)36-25-22(33)21(32)20(31)18(12-30)35-25/h3-6,13,16,18,20-22,25,29-33H,7-12H2,1-2H3,(H2,26,34)(H,27,28)/t16?,18-,20-,21+,22-,25+/m1/s1. The van der Waals surface area contributed by atoms with E-state index in [0.29, 0.717) is 25.7 Å². The van der Waals surface area contributed by atoms with Crippen LogP contribution in [0.4, 0.5) is 0 Å². The number of aliphatic hydroxyl groups is 5. The van der Waals surface area contributed by atoms with Crippen LogP contribution in [0.5, 0.6) is 5.88 Å². The van der Waals surface area contributed by atoms with E-state index in [1.54, 1.807) is 0 Å². The van der Waals surface area contributed by atoms with Gasteiger partial charge in [0.25, 0.3) is 0 Å². The summed E-state index contributed by atoms with van der Waals surface area (Å²) in [5.41, 5.74) is 9.02. The first kappa shape index (κ1) is 28.0. The van der Waals surface area contributed by atoms with Gasteiger partial charge in [0.05, 0.1) is 6.61 Å². The van der Waals surface area contributed by atoms with Crippen molar-refractivity contribution in [3.63, 3.8) is 0 Å². The van der Waals surface area contributed by atoms with E-state index in [1.165, 1.54) is 0 Å². The number of nitrogens with zero attached hydrogens (tertiary/aromatic N) is 1. The Morgan fingerprint density at radius 2 is 1.75 bits per heavy atom. The minimum atomic E-state index is -1.55. The topological polar surface area (TPSA) is 191 Å². The Kier molecular flexibility index (Phi) is 9.83. The number of H-pyrrole nitrogens is 1. The van der Waals surface area contributed by atoms with Crippen LogP contribution in [-0.4, -0.2) is 85.6 Å². The van der Waals surface area contributed by atoms with E-state index in [1.807, 2.05) is 38.1 Å². The van der Waals surface area contributed by atoms with Crippen molar-refractivity contribution in [2.45, 2.75) is 76.2 Å². The van der Waals surface area contributed by atoms with Gasteiger partial charge in [-0.3, -0.25) is 9.89 Å². The lowest BCUT2D eigenvalue weighted by Gasteiger charge is -2.39. The highest BCUT2D eigenvalue weighted by molar-refractivity contribution is 5.76. The average Bonchev–Trinajstić information content (AvgIpc) is 3.25. The van der Waals surface area contributed by atoms with Gasteiger partial charge < -0.3 is 40.7 Å². The zero-order chi connectivity index (χ0) is 26.4. The molecule has 0 bridgehead atoms. The van der Waals surface area contributed by atoms with Crippen molar-refractivity contribution in [3.8, 4) is 5.88 Å². The van der Waals surface area contributed by atoms with E-state index < -0.39 is 43.2 Å². The predicted octanol–water partition coefficient (Wildman–Crippen LogP) is -0.281. The summed E-state index contributed by atoms with van der Waals surface area (Å²) >= 11 is 0. The number of nitrogens with two attached hydrogens (primary N) is 1. The minimum Gasteiger partial charge on any atom is -0.443 e. The summed E-state index contributed by atoms with van der Waals surface area (Å²) in [6, 6.07) is 7.88. The molecule has 36 heavy (non-hydrogen) atoms. The van der Waals surface area contributed by atoms with Crippen LogP contribution in [0.15, 0.2) is 24.3 Å². The van der Waals surface area contributed by atoms with Crippen LogP contribution in [0.3, 0.4) is 0 Å². The second-order valence-electron chi connectivity index (χ2n) is 9.53. The highest BCUT2D eigenvalue weighted by Crippen LogP contribution is 2.31. The van der Waals surface area contributed by atoms with Crippen molar-refractivity contribution in [1.82, 2.24) is 10.2 Å². The highest BCUT2D eigenvalue weighted by Gasteiger charge is 2.45. The van der Waals surface area contributed by atoms with Crippen LogP contribution in [0.1, 0.15) is 55.0 Å². The molecule has 1 aromatic carbocycles. The van der Waals surface area contributed by atoms with Crippen LogP contribution in [0.2, 0.25) is 0 Å². The molecule has 1 amide bonds. The number of aryl methyl sites for hydroxylation is 1. The van der Waals surface area contributed by atoms with Crippen LogP contribution < -0.4 is 10.5 Å². The number of ether oxygens (including phenoxy) is 2. The zero-order valence-electron chi connectivity index (χ0n) is 20.6. The molecule has 0 aliphatic carbocycles. The normalized spacial score (nSPS) is 25.2. The number of nitrogens with one attached hydrogen (secondary N) is 1. The van der Waals surface area contributed by atoms with E-state index in [0.717, 1.165) is 22.4 Å². The summed E-state index contributed by atoms with van der Waals surface area (Å²) in [4.78, 5) is 11.5. The lowest BCUT2D eigenvalue weighted by Crippen LogP contribution is -2.60. The van der Waals surface area contributed by atoms with Crippen molar-refractivity contribution < 1.29 is 39.8 Å². The molecule has 200 valence electrons. The minimum absolute atomic E-state index is 0.0804. The Balaban J connectivity index is 1.74. The SMILES string of the molecule is CC(C)c1[nH]nc(O[C@@H]2O[C@H](CO)[C@@H](O)[C@H](O)[C@H]2O)c1Cc1ccc(CCC(CCO)C(N)=O)cc1. The molecule has 2 aromatic rings. The maximum absolute atomic E-state index is 11.5. The van der Waals surface area contributed by atoms with Gasteiger partial charge in [0.2, 0.25) is 18.1 Å². The van der Waals surface area contributed by atoms with Crippen LogP contribution in [-0.2, 0) is 22.4 Å². The summed E-state index contributed by atoms with van der Waals surface area (Å²) in [5.74, 6) is -0.485. The van der Waals surface area contributed by atoms with Gasteiger partial charge in [-0.2, -0.15) is 0 Å². The zero-order valence-corrected chi connectivity index (χ0v) is 20.6. The molecule has 11 heteroatoms. The molecule has 1 saturated heterocycles. The van der Waals surface area contributed by atoms with Gasteiger partial charge in [0.15, 0.2) is 0 Å². The number of rotatable bonds is 12. The van der Waals surface area contributed by atoms with Crippen molar-refractivity contribution in [2.24, 2.45) is 11.7 Å². The fourth-order valence-electron chi connectivity index (χ4n) is 4.34. The summed E-state index contributed by atoms with van der Waals surface area (Å²) in [6.45, 7) is 3.36. The van der Waals surface area contributed by atoms with E-state index in [2.05, 4.69) is 10.2 Å². The highest BCUT2D eigenvalue weighted by atomic mass is 16.7. The van der Waals surface area contributed by atoms with Gasteiger partial charge in [0.1, 0.15) is 24.4 Å². The number of primary amides is 1. The molecule has 2 heterocycles. The van der Waals surface area contributed by atoms with E-state index in [4.69, 9.17) is 20.3 Å². The molecule has 6 atom stereocenters. The van der Waals surface area contributed by atoms with E-state index in [-0.39, 0.29) is 24.3 Å². The molecule has 3 rings (SSSR count). The van der Waals surface area contributed by atoms with E-state index >= 15 is 0 Å². The molecule has 0 saturated carbocycles. The van der Waals surface area contributed by atoms with Crippen LogP contribution in [0, 0.1) is 5.92 Å². The van der Waals surface area contributed by atoms with Gasteiger partial charge >= 0.3 is 0 Å². The Labute approximate surface area is 209 Å². The molecule has 1 aliphatic rings. The first-order valence-corrected chi connectivity index (χ1v) is 12.2. The summed E-state index contributed by atoms with van der Waals surface area (Å²) in [5, 5.41) is 56.2. The number of carbonyl (C=O) groups is 1. The monoisotopic (exact) mass is 507 g/mol. The third-order valence-electron chi connectivity index (χ3n) is 6.58. The quantitative estimate of drug-likeness (QED) is 0.202. The molecular formula is C25H37N3O8. The van der Waals surface area contributed by atoms with Crippen LogP contribution in [0.25, 0.3) is 0 Å². The molecular weight excluding hydrogens is 470 g/mol. The Morgan fingerprint density at radius 1 is 1.08 bits per heavy atom. The molecule has 1 aliphatic heterocycles. The van der Waals surface area contributed by atoms with Crippen molar-refractivity contribution in [1.29, 1.82) is 0 Å². The number of benzene rings is 1. The second kappa shape index (κ2) is 12.6. The lowest BCUT2D eigenvalue weighted by molar-refractivity contribution is -0.278. The number of aromatic nitrogens is 2. The number of aliphatic hydroxyl groups excluding tert-OH is 5. The number of amides is 1. The molecule has 11 nitrogen and oxygen atoms in total. The maximum Gasteiger partial charge on any atom is 0.238 e. The van der Waals surface area contributed by atoms with Gasteiger partial charge in [-0.1, -0.05) is 38.1 Å². The second-order valence-corrected chi connectivity index (χ2v) is 9.53. The average molecular weight is 508 g/mol. The molecule has 1 fully saturated rings. The largest absolute Gasteiger partial charge is 0.443 e. The number of carbonyl (C=O) groups excluding carboxylic acids is 1. The first-order valence-electron chi connectivity index (χ1n) is 12.2. The Hall–Kier alpha value is -2.54. The number of hydrogen-bond acceptors (Lipinski definition) is 9. The van der Waals surface area contributed by atoms with Crippen LogP contribution >= 0.6 is 0 Å². The summed E-state index contributed by atoms with van der Waals surface area (Å²) in [7, 11) is 0. The molecule has 0 spiro atoms. The lowest BCUT2D eigenvalue weighted by atomic mass is 9.94. The fraction of sp³-hybridized carbons (Fsp3) is 0.600. The third-order valence-corrected chi connectivity index (χ3v) is 6.58. The van der Waals surface area contributed by atoms with Gasteiger partial charge in [-0.25, -0.2) is 0 Å².